The molecule has 0 unspecified atom stereocenters. The van der Waals surface area contributed by atoms with Crippen molar-refractivity contribution < 1.29 is 30.0 Å². The summed E-state index contributed by atoms with van der Waals surface area (Å²) in [6.07, 6.45) is -4.90. The van der Waals surface area contributed by atoms with Crippen LogP contribution in [-0.4, -0.2) is 16.8 Å². The molecule has 0 aliphatic rings. The zero-order chi connectivity index (χ0) is 23.9. The fourth-order valence-corrected chi connectivity index (χ4v) is 6.13. The molecule has 1 aromatic heterocycles. The largest absolute Gasteiger partial charge is 0.417 e. The van der Waals surface area contributed by atoms with Gasteiger partial charge in [-0.05, 0) is 41.8 Å². The molecule has 2 N–H and O–H groups in total. The summed E-state index contributed by atoms with van der Waals surface area (Å²) in [5.41, 5.74) is -2.00. The summed E-state index contributed by atoms with van der Waals surface area (Å²) in [6, 6.07) is 6.92. The van der Waals surface area contributed by atoms with Crippen LogP contribution in [-0.2, 0) is 26.2 Å². The third-order valence-corrected chi connectivity index (χ3v) is 9.04. The molecule has 2 aromatic carbocycles. The molecule has 0 amide bonds. The van der Waals surface area contributed by atoms with Crippen LogP contribution in [0.2, 0.25) is 15.1 Å². The summed E-state index contributed by atoms with van der Waals surface area (Å²) in [5, 5.41) is 0.612. The van der Waals surface area contributed by atoms with Crippen LogP contribution >= 0.6 is 46.1 Å². The lowest BCUT2D eigenvalue weighted by Crippen LogP contribution is -2.18. The van der Waals surface area contributed by atoms with Gasteiger partial charge in [-0.25, -0.2) is 16.8 Å². The second kappa shape index (κ2) is 8.92. The van der Waals surface area contributed by atoms with E-state index in [2.05, 4.69) is 4.72 Å². The van der Waals surface area contributed by atoms with Crippen LogP contribution in [0.4, 0.5) is 24.5 Å². The van der Waals surface area contributed by atoms with Crippen LogP contribution in [0, 0.1) is 0 Å². The molecule has 0 saturated heterocycles. The lowest BCUT2D eigenvalue weighted by atomic mass is 10.2. The van der Waals surface area contributed by atoms with E-state index < -0.39 is 41.7 Å². The molecule has 6 nitrogen and oxygen atoms in total. The lowest BCUT2D eigenvalue weighted by Gasteiger charge is -2.16. The number of benzene rings is 2. The van der Waals surface area contributed by atoms with E-state index in [1.54, 1.807) is 0 Å². The van der Waals surface area contributed by atoms with Gasteiger partial charge in [0.1, 0.15) is 4.21 Å². The van der Waals surface area contributed by atoms with Gasteiger partial charge in [0, 0.05) is 0 Å². The first-order valence-corrected chi connectivity index (χ1v) is 13.1. The Morgan fingerprint density at radius 3 is 1.84 bits per heavy atom. The van der Waals surface area contributed by atoms with E-state index in [0.29, 0.717) is 6.07 Å². The molecular weight excluding hydrogens is 556 g/mol. The Morgan fingerprint density at radius 2 is 1.34 bits per heavy atom. The number of thiophene rings is 1. The minimum Gasteiger partial charge on any atom is -0.277 e. The summed E-state index contributed by atoms with van der Waals surface area (Å²) >= 11 is 18.3. The number of rotatable bonds is 6. The van der Waals surface area contributed by atoms with Crippen LogP contribution in [0.3, 0.4) is 0 Å². The number of sulfonamides is 2. The Morgan fingerprint density at radius 1 is 0.781 bits per heavy atom. The van der Waals surface area contributed by atoms with Gasteiger partial charge in [0.25, 0.3) is 20.0 Å². The molecule has 15 heteroatoms. The Balaban J connectivity index is 2.04. The van der Waals surface area contributed by atoms with Crippen molar-refractivity contribution >= 4 is 77.6 Å². The third kappa shape index (κ3) is 5.43. The lowest BCUT2D eigenvalue weighted by molar-refractivity contribution is -0.137. The Hall–Kier alpha value is -1.70. The van der Waals surface area contributed by atoms with E-state index in [9.17, 15) is 30.0 Å². The van der Waals surface area contributed by atoms with Crippen molar-refractivity contribution in [3.8, 4) is 0 Å². The molecule has 0 bridgehead atoms. The Labute approximate surface area is 200 Å². The number of alkyl halides is 3. The second-order valence-electron chi connectivity index (χ2n) is 6.09. The molecule has 0 saturated carbocycles. The highest BCUT2D eigenvalue weighted by Gasteiger charge is 2.34. The summed E-state index contributed by atoms with van der Waals surface area (Å²) in [7, 11) is -8.73. The highest BCUT2D eigenvalue weighted by molar-refractivity contribution is 7.94. The van der Waals surface area contributed by atoms with Crippen molar-refractivity contribution in [2.45, 2.75) is 15.3 Å². The van der Waals surface area contributed by atoms with Crippen LogP contribution in [0.5, 0.6) is 0 Å². The Kier molecular flexibility index (Phi) is 6.95. The molecule has 1 heterocycles. The van der Waals surface area contributed by atoms with E-state index in [1.807, 2.05) is 4.72 Å². The first kappa shape index (κ1) is 24.9. The SMILES string of the molecule is O=S(=O)(Nc1cc(Cl)c(Cl)cc1NS(=O)(=O)c1cccs1)c1ccc(Cl)c(C(F)(F)F)c1. The van der Waals surface area contributed by atoms with E-state index in [0.717, 1.165) is 35.6 Å². The summed E-state index contributed by atoms with van der Waals surface area (Å²) in [6.45, 7) is 0. The van der Waals surface area contributed by atoms with Gasteiger partial charge in [-0.15, -0.1) is 11.3 Å². The number of anilines is 2. The minimum absolute atomic E-state index is 0.0649. The quantitative estimate of drug-likeness (QED) is 0.365. The van der Waals surface area contributed by atoms with Gasteiger partial charge in [-0.3, -0.25) is 9.44 Å². The molecule has 0 fully saturated rings. The molecule has 172 valence electrons. The van der Waals surface area contributed by atoms with Crippen molar-refractivity contribution in [2.24, 2.45) is 0 Å². The van der Waals surface area contributed by atoms with Crippen LogP contribution in [0.25, 0.3) is 0 Å². The highest BCUT2D eigenvalue weighted by atomic mass is 35.5. The maximum atomic E-state index is 13.1. The van der Waals surface area contributed by atoms with Gasteiger partial charge in [0.05, 0.1) is 36.9 Å². The summed E-state index contributed by atoms with van der Waals surface area (Å²) < 4.78 is 94.1. The molecule has 3 aromatic rings. The summed E-state index contributed by atoms with van der Waals surface area (Å²) in [5.74, 6) is 0. The molecule has 0 radical (unpaired) electrons. The first-order valence-electron chi connectivity index (χ1n) is 8.15. The molecule has 0 spiro atoms. The van der Waals surface area contributed by atoms with E-state index in [4.69, 9.17) is 34.8 Å². The van der Waals surface area contributed by atoms with Gasteiger partial charge in [-0.1, -0.05) is 40.9 Å². The predicted molar refractivity (Wildman–Crippen MR) is 119 cm³/mol. The average Bonchev–Trinajstić information content (AvgIpc) is 3.20. The van der Waals surface area contributed by atoms with Gasteiger partial charge in [0.2, 0.25) is 0 Å². The molecule has 0 aliphatic heterocycles. The fourth-order valence-electron chi connectivity index (χ4n) is 2.42. The molecule has 0 atom stereocenters. The molecular formula is C17H10Cl3F3N2O4S3. The smallest absolute Gasteiger partial charge is 0.277 e. The zero-order valence-electron chi connectivity index (χ0n) is 15.2. The van der Waals surface area contributed by atoms with Gasteiger partial charge < -0.3 is 0 Å². The molecule has 0 aliphatic carbocycles. The van der Waals surface area contributed by atoms with E-state index in [-0.39, 0.29) is 25.6 Å². The van der Waals surface area contributed by atoms with Crippen molar-refractivity contribution in [3.63, 3.8) is 0 Å². The van der Waals surface area contributed by atoms with E-state index in [1.165, 1.54) is 17.5 Å². The molecule has 32 heavy (non-hydrogen) atoms. The number of hydrogen-bond acceptors (Lipinski definition) is 5. The first-order chi connectivity index (χ1) is 14.7. The summed E-state index contributed by atoms with van der Waals surface area (Å²) in [4.78, 5) is -0.757. The number of nitrogens with one attached hydrogen (secondary N) is 2. The maximum absolute atomic E-state index is 13.1. The Bertz CT molecular complexity index is 1380. The standard InChI is InChI=1S/C17H10Cl3F3N2O4S3/c18-11-4-3-9(6-10(11)17(21,22)23)31(26,27)24-14-7-12(19)13(20)8-15(14)25-32(28,29)16-2-1-5-30-16/h1-8,24-25H. The zero-order valence-corrected chi connectivity index (χ0v) is 20.0. The van der Waals surface area contributed by atoms with E-state index >= 15 is 0 Å². The monoisotopic (exact) mass is 564 g/mol. The van der Waals surface area contributed by atoms with Crippen LogP contribution < -0.4 is 9.44 Å². The fraction of sp³-hybridized carbons (Fsp3) is 0.0588. The van der Waals surface area contributed by atoms with Crippen LogP contribution in [0.1, 0.15) is 5.56 Å². The van der Waals surface area contributed by atoms with Crippen molar-refractivity contribution in [1.82, 2.24) is 0 Å². The van der Waals surface area contributed by atoms with Crippen LogP contribution in [0.15, 0.2) is 56.9 Å². The van der Waals surface area contributed by atoms with Crippen molar-refractivity contribution in [2.75, 3.05) is 9.44 Å². The van der Waals surface area contributed by atoms with Gasteiger partial charge >= 0.3 is 6.18 Å². The average molecular weight is 566 g/mol. The van der Waals surface area contributed by atoms with Crippen molar-refractivity contribution in [1.29, 1.82) is 0 Å². The minimum atomic E-state index is -4.90. The predicted octanol–water partition coefficient (Wildman–Crippen LogP) is 6.33. The number of hydrogen-bond donors (Lipinski definition) is 2. The third-order valence-electron chi connectivity index (χ3n) is 3.86. The topological polar surface area (TPSA) is 92.3 Å². The van der Waals surface area contributed by atoms with Gasteiger partial charge in [-0.2, -0.15) is 13.2 Å². The van der Waals surface area contributed by atoms with Crippen molar-refractivity contribution in [3.05, 3.63) is 68.5 Å². The molecule has 3 rings (SSSR count). The van der Waals surface area contributed by atoms with Gasteiger partial charge in [0.15, 0.2) is 0 Å². The number of halogens is 6. The normalized spacial score (nSPS) is 12.6. The highest BCUT2D eigenvalue weighted by Crippen LogP contribution is 2.38. The maximum Gasteiger partial charge on any atom is 0.417 e. The second-order valence-corrected chi connectivity index (χ2v) is 11.9.